The number of halogens is 2. The molecule has 0 amide bonds. The highest BCUT2D eigenvalue weighted by atomic mass is 127. The number of benzene rings is 2. The second-order valence-electron chi connectivity index (χ2n) is 4.81. The molecule has 0 heterocycles. The van der Waals surface area contributed by atoms with Crippen LogP contribution in [-0.4, -0.2) is 26.7 Å². The molecule has 0 fully saturated rings. The lowest BCUT2D eigenvalue weighted by Crippen LogP contribution is -2.23. The summed E-state index contributed by atoms with van der Waals surface area (Å²) in [6.45, 7) is 0.565. The van der Waals surface area contributed by atoms with E-state index in [1.165, 1.54) is 0 Å². The van der Waals surface area contributed by atoms with Gasteiger partial charge in [0, 0.05) is 18.3 Å². The average Bonchev–Trinajstić information content (AvgIpc) is 2.55. The van der Waals surface area contributed by atoms with E-state index in [4.69, 9.17) is 15.2 Å². The normalized spacial score (nSPS) is 10.7. The summed E-state index contributed by atoms with van der Waals surface area (Å²) in [5.41, 5.74) is 7.84. The third kappa shape index (κ3) is 5.86. The molecule has 0 bridgehead atoms. The maximum Gasteiger partial charge on any atom is 0.193 e. The minimum absolute atomic E-state index is 0. The number of nitrogens with one attached hydrogen (secondary N) is 1. The van der Waals surface area contributed by atoms with Crippen LogP contribution in [0.1, 0.15) is 5.56 Å². The van der Waals surface area contributed by atoms with E-state index in [1.54, 1.807) is 14.2 Å². The van der Waals surface area contributed by atoms with Crippen LogP contribution in [0.15, 0.2) is 51.9 Å². The van der Waals surface area contributed by atoms with E-state index in [1.807, 2.05) is 42.5 Å². The minimum Gasteiger partial charge on any atom is -0.497 e. The summed E-state index contributed by atoms with van der Waals surface area (Å²) in [4.78, 5) is 4.35. The lowest BCUT2D eigenvalue weighted by Gasteiger charge is -2.10. The highest BCUT2D eigenvalue weighted by molar-refractivity contribution is 14.0. The number of nitrogens with two attached hydrogens (primary N) is 1. The van der Waals surface area contributed by atoms with Gasteiger partial charge in [0.15, 0.2) is 5.96 Å². The molecule has 7 heteroatoms. The summed E-state index contributed by atoms with van der Waals surface area (Å²) in [6.07, 6.45) is 0.739. The molecular weight excluding hydrogens is 485 g/mol. The Hall–Kier alpha value is -1.48. The fraction of sp³-hybridized carbons (Fsp3) is 0.235. The van der Waals surface area contributed by atoms with Gasteiger partial charge in [-0.25, -0.2) is 0 Å². The van der Waals surface area contributed by atoms with E-state index in [0.717, 1.165) is 33.6 Å². The summed E-state index contributed by atoms with van der Waals surface area (Å²) in [6, 6.07) is 13.5. The van der Waals surface area contributed by atoms with E-state index >= 15 is 0 Å². The maximum atomic E-state index is 5.92. The molecule has 0 aliphatic rings. The fourth-order valence-corrected chi connectivity index (χ4v) is 2.73. The van der Waals surface area contributed by atoms with Crippen molar-refractivity contribution in [3.8, 4) is 11.5 Å². The molecule has 0 saturated heterocycles. The first-order chi connectivity index (χ1) is 11.1. The van der Waals surface area contributed by atoms with Crippen molar-refractivity contribution in [2.75, 3.05) is 26.1 Å². The zero-order valence-corrected chi connectivity index (χ0v) is 17.5. The fourth-order valence-electron chi connectivity index (χ4n) is 2.16. The monoisotopic (exact) mass is 505 g/mol. The molecule has 130 valence electrons. The van der Waals surface area contributed by atoms with Gasteiger partial charge in [-0.15, -0.1) is 24.0 Å². The summed E-state index contributed by atoms with van der Waals surface area (Å²) >= 11 is 3.48. The molecular formula is C17H21BrIN3O2. The number of methoxy groups -OCH3 is 2. The number of para-hydroxylation sites is 1. The summed E-state index contributed by atoms with van der Waals surface area (Å²) in [5.74, 6) is 1.97. The molecule has 3 N–H and O–H groups in total. The van der Waals surface area contributed by atoms with E-state index in [-0.39, 0.29) is 24.0 Å². The van der Waals surface area contributed by atoms with Crippen LogP contribution in [0, 0.1) is 0 Å². The van der Waals surface area contributed by atoms with Crippen LogP contribution in [0.25, 0.3) is 0 Å². The van der Waals surface area contributed by atoms with Crippen molar-refractivity contribution in [1.82, 2.24) is 0 Å². The largest absolute Gasteiger partial charge is 0.497 e. The third-order valence-electron chi connectivity index (χ3n) is 3.26. The predicted octanol–water partition coefficient (Wildman–Crippen LogP) is 4.05. The second-order valence-corrected chi connectivity index (χ2v) is 5.66. The van der Waals surface area contributed by atoms with Crippen molar-refractivity contribution in [2.45, 2.75) is 6.42 Å². The van der Waals surface area contributed by atoms with Gasteiger partial charge in [0.05, 0.1) is 18.7 Å². The van der Waals surface area contributed by atoms with Gasteiger partial charge in [-0.1, -0.05) is 18.2 Å². The summed E-state index contributed by atoms with van der Waals surface area (Å²) in [5, 5.41) is 3.05. The van der Waals surface area contributed by atoms with Gasteiger partial charge in [0.25, 0.3) is 0 Å². The van der Waals surface area contributed by atoms with Crippen molar-refractivity contribution < 1.29 is 9.47 Å². The number of aliphatic imine (C=N–C) groups is 1. The van der Waals surface area contributed by atoms with Crippen LogP contribution >= 0.6 is 39.9 Å². The molecule has 0 aromatic heterocycles. The van der Waals surface area contributed by atoms with Crippen molar-refractivity contribution in [3.05, 3.63) is 52.5 Å². The Balaban J connectivity index is 0.00000288. The number of nitrogens with zero attached hydrogens (tertiary/aromatic N) is 1. The van der Waals surface area contributed by atoms with Crippen LogP contribution in [0.4, 0.5) is 5.69 Å². The van der Waals surface area contributed by atoms with Crippen LogP contribution in [0.3, 0.4) is 0 Å². The molecule has 0 aliphatic carbocycles. The van der Waals surface area contributed by atoms with Crippen molar-refractivity contribution in [3.63, 3.8) is 0 Å². The maximum absolute atomic E-state index is 5.92. The molecule has 2 rings (SSSR count). The minimum atomic E-state index is 0. The van der Waals surface area contributed by atoms with Gasteiger partial charge in [0.1, 0.15) is 11.5 Å². The van der Waals surface area contributed by atoms with E-state index < -0.39 is 0 Å². The van der Waals surface area contributed by atoms with E-state index in [2.05, 4.69) is 26.2 Å². The molecule has 0 atom stereocenters. The Kier molecular flexibility index (Phi) is 8.91. The number of hydrogen-bond donors (Lipinski definition) is 2. The van der Waals surface area contributed by atoms with Crippen molar-refractivity contribution >= 4 is 51.6 Å². The Bertz CT molecular complexity index is 695. The quantitative estimate of drug-likeness (QED) is 0.353. The van der Waals surface area contributed by atoms with Crippen LogP contribution in [0.5, 0.6) is 11.5 Å². The molecule has 0 saturated carbocycles. The van der Waals surface area contributed by atoms with Gasteiger partial charge >= 0.3 is 0 Å². The average molecular weight is 506 g/mol. The molecule has 0 unspecified atom stereocenters. The zero-order chi connectivity index (χ0) is 16.7. The first-order valence-electron chi connectivity index (χ1n) is 7.16. The Morgan fingerprint density at radius 3 is 2.62 bits per heavy atom. The molecule has 0 radical (unpaired) electrons. The summed E-state index contributed by atoms with van der Waals surface area (Å²) < 4.78 is 11.5. The zero-order valence-electron chi connectivity index (χ0n) is 13.6. The highest BCUT2D eigenvalue weighted by Crippen LogP contribution is 2.28. The third-order valence-corrected chi connectivity index (χ3v) is 3.88. The van der Waals surface area contributed by atoms with E-state index in [0.29, 0.717) is 12.5 Å². The number of rotatable bonds is 6. The first-order valence-corrected chi connectivity index (χ1v) is 7.95. The molecule has 24 heavy (non-hydrogen) atoms. The smallest absolute Gasteiger partial charge is 0.193 e. The van der Waals surface area contributed by atoms with Gasteiger partial charge in [0.2, 0.25) is 0 Å². The molecule has 2 aromatic carbocycles. The molecule has 0 spiro atoms. The number of ether oxygens (including phenoxy) is 2. The number of hydrogen-bond acceptors (Lipinski definition) is 3. The lowest BCUT2D eigenvalue weighted by atomic mass is 10.1. The highest BCUT2D eigenvalue weighted by Gasteiger charge is 2.06. The van der Waals surface area contributed by atoms with Crippen molar-refractivity contribution in [1.29, 1.82) is 0 Å². The van der Waals surface area contributed by atoms with Crippen molar-refractivity contribution in [2.24, 2.45) is 10.7 Å². The lowest BCUT2D eigenvalue weighted by molar-refractivity contribution is 0.407. The predicted molar refractivity (Wildman–Crippen MR) is 113 cm³/mol. The molecule has 2 aromatic rings. The molecule has 5 nitrogen and oxygen atoms in total. The van der Waals surface area contributed by atoms with Gasteiger partial charge < -0.3 is 20.5 Å². The first kappa shape index (κ1) is 20.6. The Morgan fingerprint density at radius 1 is 1.17 bits per heavy atom. The van der Waals surface area contributed by atoms with Gasteiger partial charge in [-0.3, -0.25) is 4.99 Å². The number of anilines is 1. The van der Waals surface area contributed by atoms with E-state index in [9.17, 15) is 0 Å². The van der Waals surface area contributed by atoms with Crippen LogP contribution < -0.4 is 20.5 Å². The van der Waals surface area contributed by atoms with Crippen LogP contribution in [-0.2, 0) is 6.42 Å². The summed E-state index contributed by atoms with van der Waals surface area (Å²) in [7, 11) is 3.29. The standard InChI is InChI=1S/C17H20BrN3O2.HI/c1-22-14-7-4-6-13(11-14)21-17(19)20-10-9-12-5-3-8-15(18)16(12)23-2;/h3-8,11H,9-10H2,1-2H3,(H3,19,20,21);1H. The molecule has 0 aliphatic heterocycles. The Morgan fingerprint density at radius 2 is 1.92 bits per heavy atom. The second kappa shape index (κ2) is 10.4. The SMILES string of the molecule is COc1cccc(NC(N)=NCCc2cccc(Br)c2OC)c1.I. The van der Waals surface area contributed by atoms with Gasteiger partial charge in [-0.2, -0.15) is 0 Å². The van der Waals surface area contributed by atoms with Gasteiger partial charge in [-0.05, 0) is 46.1 Å². The Labute approximate surface area is 167 Å². The number of guanidine groups is 1. The topological polar surface area (TPSA) is 68.9 Å². The van der Waals surface area contributed by atoms with Crippen LogP contribution in [0.2, 0.25) is 0 Å².